The third-order valence-corrected chi connectivity index (χ3v) is 4.38. The van der Waals surface area contributed by atoms with Crippen molar-refractivity contribution >= 4 is 11.9 Å². The summed E-state index contributed by atoms with van der Waals surface area (Å²) in [6.45, 7) is 4.04. The monoisotopic (exact) mass is 411 g/mol. The van der Waals surface area contributed by atoms with Crippen LogP contribution in [0.4, 0.5) is 13.2 Å². The smallest absolute Gasteiger partial charge is 0.416 e. The lowest BCUT2D eigenvalue weighted by Gasteiger charge is -2.35. The van der Waals surface area contributed by atoms with Gasteiger partial charge in [-0.2, -0.15) is 13.2 Å². The van der Waals surface area contributed by atoms with Crippen molar-refractivity contribution in [2.75, 3.05) is 19.7 Å². The van der Waals surface area contributed by atoms with Crippen molar-refractivity contribution in [3.8, 4) is 11.3 Å². The van der Waals surface area contributed by atoms with Crippen LogP contribution in [0.25, 0.3) is 11.3 Å². The van der Waals surface area contributed by atoms with E-state index in [1.807, 2.05) is 13.8 Å². The van der Waals surface area contributed by atoms with Crippen LogP contribution in [0.2, 0.25) is 0 Å². The van der Waals surface area contributed by atoms with Gasteiger partial charge in [0.1, 0.15) is 5.76 Å². The Bertz CT molecular complexity index is 882. The summed E-state index contributed by atoms with van der Waals surface area (Å²) < 4.78 is 54.4. The molecule has 3 rings (SSSR count). The first-order valence-electron chi connectivity index (χ1n) is 9.01. The van der Waals surface area contributed by atoms with Gasteiger partial charge in [0, 0.05) is 18.7 Å². The highest BCUT2D eigenvalue weighted by Crippen LogP contribution is 2.32. The van der Waals surface area contributed by atoms with E-state index in [0.717, 1.165) is 12.1 Å². The van der Waals surface area contributed by atoms with Gasteiger partial charge in [-0.25, -0.2) is 4.79 Å². The van der Waals surface area contributed by atoms with Gasteiger partial charge in [0.05, 0.1) is 17.8 Å². The molecule has 1 fully saturated rings. The highest BCUT2D eigenvalue weighted by Gasteiger charge is 2.31. The van der Waals surface area contributed by atoms with Crippen LogP contribution < -0.4 is 0 Å². The SMILES string of the molecule is C[C@H]1CN(C(=O)COC(=O)c2ccc(-c3cccc(C(F)(F)F)c3)o2)C[C@H](C)O1. The molecule has 2 atom stereocenters. The molecule has 2 aromatic rings. The molecule has 0 radical (unpaired) electrons. The van der Waals surface area contributed by atoms with Crippen LogP contribution in [0, 0.1) is 0 Å². The Morgan fingerprint density at radius 2 is 1.83 bits per heavy atom. The lowest BCUT2D eigenvalue weighted by Crippen LogP contribution is -2.49. The molecule has 29 heavy (non-hydrogen) atoms. The molecule has 6 nitrogen and oxygen atoms in total. The maximum Gasteiger partial charge on any atom is 0.416 e. The zero-order valence-electron chi connectivity index (χ0n) is 15.9. The van der Waals surface area contributed by atoms with Crippen molar-refractivity contribution in [2.45, 2.75) is 32.2 Å². The number of amides is 1. The normalized spacial score (nSPS) is 19.8. The largest absolute Gasteiger partial charge is 0.450 e. The number of hydrogen-bond acceptors (Lipinski definition) is 5. The summed E-state index contributed by atoms with van der Waals surface area (Å²) in [7, 11) is 0. The molecule has 1 aromatic heterocycles. The van der Waals surface area contributed by atoms with Crippen LogP contribution in [-0.2, 0) is 20.4 Å². The standard InChI is InChI=1S/C20H20F3NO5/c1-12-9-24(10-13(2)28-12)18(25)11-27-19(26)17-7-6-16(29-17)14-4-3-5-15(8-14)20(21,22)23/h3-8,12-13H,9-11H2,1-2H3/t12-,13-/m0/s1. The van der Waals surface area contributed by atoms with Gasteiger partial charge < -0.3 is 18.8 Å². The van der Waals surface area contributed by atoms with Crippen molar-refractivity contribution in [2.24, 2.45) is 0 Å². The quantitative estimate of drug-likeness (QED) is 0.717. The predicted molar refractivity (Wildman–Crippen MR) is 96.0 cm³/mol. The average molecular weight is 411 g/mol. The van der Waals surface area contributed by atoms with Crippen molar-refractivity contribution in [1.82, 2.24) is 4.90 Å². The van der Waals surface area contributed by atoms with Gasteiger partial charge >= 0.3 is 12.1 Å². The molecule has 1 aliphatic rings. The second-order valence-electron chi connectivity index (χ2n) is 6.87. The van der Waals surface area contributed by atoms with Crippen LogP contribution in [0.1, 0.15) is 30.0 Å². The number of benzene rings is 1. The molecule has 1 amide bonds. The molecular weight excluding hydrogens is 391 g/mol. The number of rotatable bonds is 4. The van der Waals surface area contributed by atoms with Crippen LogP contribution >= 0.6 is 0 Å². The molecule has 0 saturated carbocycles. The maximum atomic E-state index is 12.8. The average Bonchev–Trinajstić information content (AvgIpc) is 3.15. The summed E-state index contributed by atoms with van der Waals surface area (Å²) in [6.07, 6.45) is -4.71. The fraction of sp³-hybridized carbons (Fsp3) is 0.400. The molecule has 1 aliphatic heterocycles. The van der Waals surface area contributed by atoms with E-state index < -0.39 is 24.3 Å². The Hall–Kier alpha value is -2.81. The number of alkyl halides is 3. The first kappa shape index (κ1) is 20.9. The van der Waals surface area contributed by atoms with E-state index in [1.165, 1.54) is 24.3 Å². The molecule has 0 aliphatic carbocycles. The van der Waals surface area contributed by atoms with Gasteiger partial charge in [-0.3, -0.25) is 4.79 Å². The number of carbonyl (C=O) groups excluding carboxylic acids is 2. The van der Waals surface area contributed by atoms with E-state index in [2.05, 4.69) is 0 Å². The third kappa shape index (κ3) is 5.17. The van der Waals surface area contributed by atoms with Gasteiger partial charge in [-0.05, 0) is 38.1 Å². The lowest BCUT2D eigenvalue weighted by atomic mass is 10.1. The number of furan rings is 1. The minimum absolute atomic E-state index is 0.0882. The summed E-state index contributed by atoms with van der Waals surface area (Å²) >= 11 is 0. The summed E-state index contributed by atoms with van der Waals surface area (Å²) in [4.78, 5) is 25.9. The zero-order valence-corrected chi connectivity index (χ0v) is 15.9. The van der Waals surface area contributed by atoms with Crippen LogP contribution in [0.3, 0.4) is 0 Å². The summed E-state index contributed by atoms with van der Waals surface area (Å²) in [5.41, 5.74) is -0.652. The molecule has 0 unspecified atom stereocenters. The predicted octanol–water partition coefficient (Wildman–Crippen LogP) is 3.76. The lowest BCUT2D eigenvalue weighted by molar-refractivity contribution is -0.146. The Balaban J connectivity index is 1.62. The maximum absolute atomic E-state index is 12.8. The highest BCUT2D eigenvalue weighted by atomic mass is 19.4. The Kier molecular flexibility index (Phi) is 5.97. The molecule has 9 heteroatoms. The second kappa shape index (κ2) is 8.28. The summed E-state index contributed by atoms with van der Waals surface area (Å²) in [6, 6.07) is 7.23. The topological polar surface area (TPSA) is 69.0 Å². The molecule has 0 N–H and O–H groups in total. The van der Waals surface area contributed by atoms with Gasteiger partial charge in [0.25, 0.3) is 5.91 Å². The number of esters is 1. The van der Waals surface area contributed by atoms with E-state index in [0.29, 0.717) is 13.1 Å². The Morgan fingerprint density at radius 3 is 2.48 bits per heavy atom. The van der Waals surface area contributed by atoms with E-state index in [4.69, 9.17) is 13.9 Å². The van der Waals surface area contributed by atoms with Gasteiger partial charge in [-0.1, -0.05) is 12.1 Å². The number of morpholine rings is 1. The van der Waals surface area contributed by atoms with Crippen LogP contribution in [0.5, 0.6) is 0 Å². The third-order valence-electron chi connectivity index (χ3n) is 4.38. The minimum atomic E-state index is -4.49. The molecule has 1 saturated heterocycles. The fourth-order valence-corrected chi connectivity index (χ4v) is 3.12. The van der Waals surface area contributed by atoms with Crippen molar-refractivity contribution in [1.29, 1.82) is 0 Å². The number of carbonyl (C=O) groups is 2. The number of nitrogens with zero attached hydrogens (tertiary/aromatic N) is 1. The molecule has 0 bridgehead atoms. The number of hydrogen-bond donors (Lipinski definition) is 0. The Morgan fingerprint density at radius 1 is 1.14 bits per heavy atom. The van der Waals surface area contributed by atoms with Crippen molar-refractivity contribution < 1.29 is 36.7 Å². The molecule has 156 valence electrons. The van der Waals surface area contributed by atoms with Crippen LogP contribution in [0.15, 0.2) is 40.8 Å². The van der Waals surface area contributed by atoms with E-state index in [9.17, 15) is 22.8 Å². The summed E-state index contributed by atoms with van der Waals surface area (Å²) in [5.74, 6) is -1.34. The highest BCUT2D eigenvalue weighted by molar-refractivity contribution is 5.89. The minimum Gasteiger partial charge on any atom is -0.450 e. The van der Waals surface area contributed by atoms with E-state index >= 15 is 0 Å². The number of halogens is 3. The first-order valence-corrected chi connectivity index (χ1v) is 9.01. The number of ether oxygens (including phenoxy) is 2. The van der Waals surface area contributed by atoms with Crippen molar-refractivity contribution in [3.05, 3.63) is 47.7 Å². The summed E-state index contributed by atoms with van der Waals surface area (Å²) in [5, 5.41) is 0. The van der Waals surface area contributed by atoms with E-state index in [1.54, 1.807) is 4.90 Å². The second-order valence-corrected chi connectivity index (χ2v) is 6.87. The van der Waals surface area contributed by atoms with Gasteiger partial charge in [0.15, 0.2) is 6.61 Å². The van der Waals surface area contributed by atoms with E-state index in [-0.39, 0.29) is 35.2 Å². The Labute approximate surface area is 165 Å². The van der Waals surface area contributed by atoms with Crippen LogP contribution in [-0.4, -0.2) is 48.7 Å². The molecule has 1 aromatic carbocycles. The van der Waals surface area contributed by atoms with Gasteiger partial charge in [-0.15, -0.1) is 0 Å². The van der Waals surface area contributed by atoms with Crippen molar-refractivity contribution in [3.63, 3.8) is 0 Å². The van der Waals surface area contributed by atoms with Gasteiger partial charge in [0.2, 0.25) is 5.76 Å². The molecular formula is C20H20F3NO5. The first-order chi connectivity index (χ1) is 13.6. The zero-order chi connectivity index (χ0) is 21.2. The molecule has 0 spiro atoms. The molecule has 2 heterocycles. The fourth-order valence-electron chi connectivity index (χ4n) is 3.12.